The number of carbonyl (C=O) groups excluding carboxylic acids is 2. The number of carbonyl (C=O) groups is 2. The number of hydrogen-bond donors (Lipinski definition) is 4. The summed E-state index contributed by atoms with van der Waals surface area (Å²) in [5.74, 6) is -4.88. The molecule has 0 unspecified atom stereocenters. The molecule has 2 aromatic carbocycles. The molecule has 0 saturated heterocycles. The lowest BCUT2D eigenvalue weighted by Crippen LogP contribution is -2.18. The van der Waals surface area contributed by atoms with Crippen molar-refractivity contribution in [2.24, 2.45) is 5.73 Å². The zero-order valence-electron chi connectivity index (χ0n) is 17.3. The average molecular weight is 460 g/mol. The van der Waals surface area contributed by atoms with E-state index in [0.717, 1.165) is 12.3 Å². The van der Waals surface area contributed by atoms with E-state index in [1.807, 2.05) is 0 Å². The van der Waals surface area contributed by atoms with Gasteiger partial charge in [0.25, 0.3) is 5.91 Å². The highest BCUT2D eigenvalue weighted by molar-refractivity contribution is 5.97. The summed E-state index contributed by atoms with van der Waals surface area (Å²) >= 11 is 0. The molecule has 1 heterocycles. The monoisotopic (exact) mass is 460 g/mol. The lowest BCUT2D eigenvalue weighted by atomic mass is 10.2. The zero-order chi connectivity index (χ0) is 24.0. The predicted octanol–water partition coefficient (Wildman–Crippen LogP) is 2.93. The van der Waals surface area contributed by atoms with Crippen LogP contribution >= 0.6 is 0 Å². The van der Waals surface area contributed by atoms with E-state index >= 15 is 0 Å². The molecule has 172 valence electrons. The molecule has 0 aliphatic carbocycles. The van der Waals surface area contributed by atoms with Crippen molar-refractivity contribution in [1.29, 1.82) is 0 Å². The Balaban J connectivity index is 1.82. The minimum absolute atomic E-state index is 0.0167. The third kappa shape index (κ3) is 5.95. The van der Waals surface area contributed by atoms with E-state index in [9.17, 15) is 22.8 Å². The van der Waals surface area contributed by atoms with Gasteiger partial charge in [0.15, 0.2) is 11.6 Å². The smallest absolute Gasteiger partial charge is 0.254 e. The van der Waals surface area contributed by atoms with Crippen molar-refractivity contribution < 1.29 is 27.5 Å². The van der Waals surface area contributed by atoms with E-state index in [2.05, 4.69) is 25.9 Å². The van der Waals surface area contributed by atoms with Gasteiger partial charge in [0.1, 0.15) is 18.2 Å². The molecule has 1 aromatic heterocycles. The maximum absolute atomic E-state index is 13.9. The molecule has 0 spiro atoms. The second-order valence-electron chi connectivity index (χ2n) is 6.68. The van der Waals surface area contributed by atoms with E-state index in [4.69, 9.17) is 10.5 Å². The van der Waals surface area contributed by atoms with Crippen LogP contribution in [-0.2, 0) is 16.1 Å². The van der Waals surface area contributed by atoms with Crippen molar-refractivity contribution in [2.75, 3.05) is 29.7 Å². The molecule has 0 saturated carbocycles. The maximum atomic E-state index is 13.9. The molecule has 3 rings (SSSR count). The molecule has 0 radical (unpaired) electrons. The van der Waals surface area contributed by atoms with Crippen molar-refractivity contribution >= 4 is 35.0 Å². The molecule has 2 amide bonds. The van der Waals surface area contributed by atoms with Crippen molar-refractivity contribution in [1.82, 2.24) is 9.97 Å². The summed E-state index contributed by atoms with van der Waals surface area (Å²) in [4.78, 5) is 31.5. The molecule has 0 atom stereocenters. The predicted molar refractivity (Wildman–Crippen MR) is 114 cm³/mol. The molecular weight excluding hydrogens is 441 g/mol. The third-order valence-electron chi connectivity index (χ3n) is 4.30. The molecule has 33 heavy (non-hydrogen) atoms. The van der Waals surface area contributed by atoms with E-state index in [1.54, 1.807) is 24.3 Å². The number of primary amides is 1. The number of halogens is 3. The van der Waals surface area contributed by atoms with Gasteiger partial charge in [-0.25, -0.2) is 18.2 Å². The van der Waals surface area contributed by atoms with Gasteiger partial charge in [-0.05, 0) is 30.3 Å². The van der Waals surface area contributed by atoms with Crippen molar-refractivity contribution in [3.8, 4) is 0 Å². The molecule has 3 aromatic rings. The Labute approximate surface area is 186 Å². The van der Waals surface area contributed by atoms with Gasteiger partial charge in [0.05, 0.1) is 5.56 Å². The number of aromatic nitrogens is 2. The zero-order valence-corrected chi connectivity index (χ0v) is 17.3. The minimum atomic E-state index is -1.36. The van der Waals surface area contributed by atoms with Crippen molar-refractivity contribution in [2.45, 2.75) is 6.54 Å². The SMILES string of the molecule is COCC(=O)Nc1cccc(Nc2ncc(C(N)=O)c(NCc3c(F)ccc(F)c3F)n2)c1. The molecule has 0 fully saturated rings. The van der Waals surface area contributed by atoms with Gasteiger partial charge >= 0.3 is 0 Å². The second-order valence-corrected chi connectivity index (χ2v) is 6.68. The Bertz CT molecular complexity index is 1190. The molecule has 9 nitrogen and oxygen atoms in total. The van der Waals surface area contributed by atoms with Crippen LogP contribution in [0.5, 0.6) is 0 Å². The Morgan fingerprint density at radius 3 is 2.55 bits per heavy atom. The van der Waals surface area contributed by atoms with Gasteiger partial charge in [-0.2, -0.15) is 4.98 Å². The fourth-order valence-corrected chi connectivity index (χ4v) is 2.79. The number of methoxy groups -OCH3 is 1. The second kappa shape index (κ2) is 10.4. The number of nitrogens with two attached hydrogens (primary N) is 1. The summed E-state index contributed by atoms with van der Waals surface area (Å²) < 4.78 is 46.1. The highest BCUT2D eigenvalue weighted by atomic mass is 19.2. The van der Waals surface area contributed by atoms with Crippen LogP contribution in [0.4, 0.5) is 36.3 Å². The molecule has 0 aliphatic heterocycles. The molecule has 12 heteroatoms. The first kappa shape index (κ1) is 23.5. The fourth-order valence-electron chi connectivity index (χ4n) is 2.79. The van der Waals surface area contributed by atoms with Crippen molar-refractivity contribution in [3.63, 3.8) is 0 Å². The van der Waals surface area contributed by atoms with Gasteiger partial charge < -0.3 is 26.4 Å². The summed E-state index contributed by atoms with van der Waals surface area (Å²) in [5.41, 5.74) is 5.58. The number of amides is 2. The van der Waals surface area contributed by atoms with Gasteiger partial charge in [-0.15, -0.1) is 0 Å². The van der Waals surface area contributed by atoms with Crippen LogP contribution in [0.1, 0.15) is 15.9 Å². The highest BCUT2D eigenvalue weighted by Crippen LogP contribution is 2.22. The topological polar surface area (TPSA) is 131 Å². The number of nitrogens with one attached hydrogen (secondary N) is 3. The van der Waals surface area contributed by atoms with Crippen LogP contribution in [0.15, 0.2) is 42.6 Å². The minimum Gasteiger partial charge on any atom is -0.375 e. The quantitative estimate of drug-likeness (QED) is 0.361. The van der Waals surface area contributed by atoms with Crippen LogP contribution < -0.4 is 21.7 Å². The number of rotatable bonds is 9. The fraction of sp³-hybridized carbons (Fsp3) is 0.143. The van der Waals surface area contributed by atoms with Gasteiger partial charge in [0, 0.05) is 36.8 Å². The van der Waals surface area contributed by atoms with E-state index in [1.165, 1.54) is 7.11 Å². The van der Waals surface area contributed by atoms with E-state index < -0.39 is 35.5 Å². The number of benzene rings is 2. The summed E-state index contributed by atoms with van der Waals surface area (Å²) in [6.07, 6.45) is 1.13. The van der Waals surface area contributed by atoms with Crippen LogP contribution in [0.2, 0.25) is 0 Å². The lowest BCUT2D eigenvalue weighted by Gasteiger charge is -2.13. The molecule has 0 aliphatic rings. The van der Waals surface area contributed by atoms with Gasteiger partial charge in [-0.3, -0.25) is 9.59 Å². The Hall–Kier alpha value is -4.19. The summed E-state index contributed by atoms with van der Waals surface area (Å²) in [6.45, 7) is -0.621. The standard InChI is InChI=1S/C21H19F3N6O3/c1-33-10-17(31)28-11-3-2-4-12(7-11)29-21-27-9-14(19(25)32)20(30-21)26-8-13-15(22)5-6-16(23)18(13)24/h2-7,9H,8,10H2,1H3,(H2,25,32)(H,28,31)(H2,26,27,29,30). The van der Waals surface area contributed by atoms with Crippen LogP contribution in [0.3, 0.4) is 0 Å². The lowest BCUT2D eigenvalue weighted by molar-refractivity contribution is -0.119. The van der Waals surface area contributed by atoms with Gasteiger partial charge in [-0.1, -0.05) is 6.07 Å². The summed E-state index contributed by atoms with van der Waals surface area (Å²) in [6, 6.07) is 8.05. The maximum Gasteiger partial charge on any atom is 0.254 e. The highest BCUT2D eigenvalue weighted by Gasteiger charge is 2.17. The number of hydrogen-bond acceptors (Lipinski definition) is 7. The van der Waals surface area contributed by atoms with Crippen LogP contribution in [-0.4, -0.2) is 35.5 Å². The van der Waals surface area contributed by atoms with E-state index in [-0.39, 0.29) is 29.8 Å². The number of ether oxygens (including phenoxy) is 1. The normalized spacial score (nSPS) is 10.5. The molecule has 5 N–H and O–H groups in total. The van der Waals surface area contributed by atoms with Gasteiger partial charge in [0.2, 0.25) is 11.9 Å². The third-order valence-corrected chi connectivity index (χ3v) is 4.30. The van der Waals surface area contributed by atoms with Crippen molar-refractivity contribution in [3.05, 3.63) is 71.2 Å². The first-order chi connectivity index (χ1) is 15.8. The first-order valence-electron chi connectivity index (χ1n) is 9.47. The molecular formula is C21H19F3N6O3. The van der Waals surface area contributed by atoms with Crippen LogP contribution in [0, 0.1) is 17.5 Å². The van der Waals surface area contributed by atoms with Crippen LogP contribution in [0.25, 0.3) is 0 Å². The Morgan fingerprint density at radius 1 is 1.09 bits per heavy atom. The number of anilines is 4. The summed E-state index contributed by atoms with van der Waals surface area (Å²) in [7, 11) is 1.40. The first-order valence-corrected chi connectivity index (χ1v) is 9.47. The largest absolute Gasteiger partial charge is 0.375 e. The average Bonchev–Trinajstić information content (AvgIpc) is 2.77. The Kier molecular flexibility index (Phi) is 7.41. The molecule has 0 bridgehead atoms. The number of nitrogens with zero attached hydrogens (tertiary/aromatic N) is 2. The summed E-state index contributed by atoms with van der Waals surface area (Å²) in [5, 5.41) is 8.11. The Morgan fingerprint density at radius 2 is 1.82 bits per heavy atom. The van der Waals surface area contributed by atoms with E-state index in [0.29, 0.717) is 17.4 Å².